The lowest BCUT2D eigenvalue weighted by Crippen LogP contribution is -1.97. The minimum Gasteiger partial charge on any atom is -0.286 e. The van der Waals surface area contributed by atoms with Crippen molar-refractivity contribution in [3.05, 3.63) is 35.1 Å². The third kappa shape index (κ3) is 7.02. The van der Waals surface area contributed by atoms with Gasteiger partial charge < -0.3 is 0 Å². The van der Waals surface area contributed by atoms with Crippen LogP contribution in [0.2, 0.25) is 0 Å². The lowest BCUT2D eigenvalue weighted by molar-refractivity contribution is 0.803. The average Bonchev–Trinajstić information content (AvgIpc) is 2.71. The summed E-state index contributed by atoms with van der Waals surface area (Å²) in [5.41, 5.74) is 6.49. The van der Waals surface area contributed by atoms with Crippen LogP contribution < -0.4 is 0 Å². The zero-order valence-corrected chi connectivity index (χ0v) is 15.1. The van der Waals surface area contributed by atoms with Crippen LogP contribution in [0.25, 0.3) is 0 Å². The highest BCUT2D eigenvalue weighted by Crippen LogP contribution is 2.19. The van der Waals surface area contributed by atoms with Crippen molar-refractivity contribution in [3.63, 3.8) is 0 Å². The number of aliphatic imine (C=N–C) groups is 2. The van der Waals surface area contributed by atoms with Gasteiger partial charge in [0.1, 0.15) is 0 Å². The van der Waals surface area contributed by atoms with Crippen molar-refractivity contribution in [1.29, 1.82) is 0 Å². The van der Waals surface area contributed by atoms with Crippen molar-refractivity contribution in [1.82, 2.24) is 0 Å². The van der Waals surface area contributed by atoms with E-state index < -0.39 is 0 Å². The van der Waals surface area contributed by atoms with E-state index in [4.69, 9.17) is 4.99 Å². The van der Waals surface area contributed by atoms with E-state index in [0.29, 0.717) is 0 Å². The van der Waals surface area contributed by atoms with Crippen LogP contribution in [0.4, 0.5) is 0 Å². The second kappa shape index (κ2) is 10.3. The maximum absolute atomic E-state index is 4.75. The molecular weight excluding hydrogens is 268 g/mol. The predicted molar refractivity (Wildman–Crippen MR) is 100 cm³/mol. The Kier molecular flexibility index (Phi) is 8.72. The van der Waals surface area contributed by atoms with Gasteiger partial charge in [-0.2, -0.15) is 0 Å². The SMILES string of the molecule is CCC/C(C)=C(/CCCC1=NCC=C(CC)C=C1)N=C(C)C. The summed E-state index contributed by atoms with van der Waals surface area (Å²) < 4.78 is 0. The summed E-state index contributed by atoms with van der Waals surface area (Å²) in [5.74, 6) is 0. The predicted octanol–water partition coefficient (Wildman–Crippen LogP) is 6.06. The van der Waals surface area contributed by atoms with Gasteiger partial charge in [-0.25, -0.2) is 0 Å². The number of nitrogens with zero attached hydrogens (tertiary/aromatic N) is 2. The smallest absolute Gasteiger partial charge is 0.0579 e. The van der Waals surface area contributed by atoms with Gasteiger partial charge in [0.15, 0.2) is 0 Å². The molecule has 0 aromatic rings. The van der Waals surface area contributed by atoms with E-state index in [9.17, 15) is 0 Å². The minimum atomic E-state index is 0.829. The van der Waals surface area contributed by atoms with Gasteiger partial charge in [0.25, 0.3) is 0 Å². The van der Waals surface area contributed by atoms with E-state index in [0.717, 1.165) is 44.4 Å². The monoisotopic (exact) mass is 300 g/mol. The summed E-state index contributed by atoms with van der Waals surface area (Å²) in [5, 5.41) is 0. The standard InChI is InChI=1S/C20H32N2/c1-6-9-17(5)20(22-16(3)4)11-8-10-19-13-12-18(7-2)14-15-21-19/h12-14H,6-11,15H2,1-5H3/b20-17-. The van der Waals surface area contributed by atoms with Crippen LogP contribution in [0.5, 0.6) is 0 Å². The molecule has 2 nitrogen and oxygen atoms in total. The van der Waals surface area contributed by atoms with Crippen LogP contribution in [0.3, 0.4) is 0 Å². The summed E-state index contributed by atoms with van der Waals surface area (Å²) in [4.78, 5) is 9.41. The third-order valence-electron chi connectivity index (χ3n) is 3.87. The molecule has 122 valence electrons. The van der Waals surface area contributed by atoms with Crippen LogP contribution in [0.15, 0.2) is 45.1 Å². The molecule has 1 rings (SSSR count). The first kappa shape index (κ1) is 18.6. The molecule has 22 heavy (non-hydrogen) atoms. The Morgan fingerprint density at radius 3 is 2.55 bits per heavy atom. The summed E-state index contributed by atoms with van der Waals surface area (Å²) >= 11 is 0. The molecule has 0 radical (unpaired) electrons. The highest BCUT2D eigenvalue weighted by Gasteiger charge is 2.04. The Hall–Kier alpha value is -1.44. The van der Waals surface area contributed by atoms with Crippen molar-refractivity contribution in [2.45, 2.75) is 73.1 Å². The van der Waals surface area contributed by atoms with Gasteiger partial charge in [-0.3, -0.25) is 9.98 Å². The van der Waals surface area contributed by atoms with Crippen molar-refractivity contribution in [2.75, 3.05) is 6.54 Å². The molecule has 0 bridgehead atoms. The van der Waals surface area contributed by atoms with Crippen LogP contribution >= 0.6 is 0 Å². The average molecular weight is 300 g/mol. The third-order valence-corrected chi connectivity index (χ3v) is 3.87. The van der Waals surface area contributed by atoms with Gasteiger partial charge in [-0.05, 0) is 59.0 Å². The molecule has 0 N–H and O–H groups in total. The maximum Gasteiger partial charge on any atom is 0.0579 e. The number of rotatable bonds is 8. The zero-order chi connectivity index (χ0) is 16.4. The van der Waals surface area contributed by atoms with Crippen molar-refractivity contribution in [3.8, 4) is 0 Å². The highest BCUT2D eigenvalue weighted by atomic mass is 14.8. The fraction of sp³-hybridized carbons (Fsp3) is 0.600. The zero-order valence-electron chi connectivity index (χ0n) is 15.1. The van der Waals surface area contributed by atoms with E-state index >= 15 is 0 Å². The van der Waals surface area contributed by atoms with Crippen LogP contribution in [-0.4, -0.2) is 18.0 Å². The highest BCUT2D eigenvalue weighted by molar-refractivity contribution is 5.95. The molecule has 0 atom stereocenters. The fourth-order valence-corrected chi connectivity index (χ4v) is 2.62. The van der Waals surface area contributed by atoms with E-state index in [1.165, 1.54) is 29.0 Å². The topological polar surface area (TPSA) is 24.7 Å². The Morgan fingerprint density at radius 2 is 1.91 bits per heavy atom. The molecule has 1 aliphatic heterocycles. The van der Waals surface area contributed by atoms with E-state index in [2.05, 4.69) is 57.8 Å². The number of allylic oxidation sites excluding steroid dienone is 5. The van der Waals surface area contributed by atoms with Crippen LogP contribution in [-0.2, 0) is 0 Å². The molecule has 2 heteroatoms. The number of hydrogen-bond donors (Lipinski definition) is 0. The maximum atomic E-state index is 4.75. The first-order valence-corrected chi connectivity index (χ1v) is 8.67. The Labute approximate surface area is 136 Å². The molecule has 0 amide bonds. The molecule has 0 saturated heterocycles. The second-order valence-electron chi connectivity index (χ2n) is 6.19. The van der Waals surface area contributed by atoms with Gasteiger partial charge in [0.2, 0.25) is 0 Å². The minimum absolute atomic E-state index is 0.829. The normalized spacial score (nSPS) is 15.7. The number of hydrogen-bond acceptors (Lipinski definition) is 2. The van der Waals surface area contributed by atoms with Gasteiger partial charge >= 0.3 is 0 Å². The molecule has 1 heterocycles. The Balaban J connectivity index is 2.59. The van der Waals surface area contributed by atoms with Crippen molar-refractivity contribution < 1.29 is 0 Å². The van der Waals surface area contributed by atoms with E-state index in [1.54, 1.807) is 0 Å². The van der Waals surface area contributed by atoms with Gasteiger partial charge in [-0.1, -0.05) is 43.6 Å². The fourth-order valence-electron chi connectivity index (χ4n) is 2.62. The lowest BCUT2D eigenvalue weighted by atomic mass is 10.0. The molecule has 0 unspecified atom stereocenters. The summed E-state index contributed by atoms with van der Waals surface area (Å²) in [6.07, 6.45) is 13.3. The molecule has 0 saturated carbocycles. The Morgan fingerprint density at radius 1 is 1.14 bits per heavy atom. The quantitative estimate of drug-likeness (QED) is 0.487. The first-order chi connectivity index (χ1) is 10.6. The molecular formula is C20H32N2. The molecule has 0 aromatic carbocycles. The van der Waals surface area contributed by atoms with Gasteiger partial charge in [-0.15, -0.1) is 0 Å². The molecule has 0 aliphatic carbocycles. The summed E-state index contributed by atoms with van der Waals surface area (Å²) in [6.45, 7) is 11.6. The second-order valence-corrected chi connectivity index (χ2v) is 6.19. The van der Waals surface area contributed by atoms with Crippen molar-refractivity contribution in [2.24, 2.45) is 9.98 Å². The van der Waals surface area contributed by atoms with E-state index in [1.807, 2.05) is 0 Å². The summed E-state index contributed by atoms with van der Waals surface area (Å²) in [6, 6.07) is 0. The summed E-state index contributed by atoms with van der Waals surface area (Å²) in [7, 11) is 0. The molecule has 0 fully saturated rings. The largest absolute Gasteiger partial charge is 0.286 e. The van der Waals surface area contributed by atoms with Gasteiger partial charge in [0, 0.05) is 17.1 Å². The first-order valence-electron chi connectivity index (χ1n) is 8.67. The van der Waals surface area contributed by atoms with Crippen LogP contribution in [0.1, 0.15) is 73.1 Å². The Bertz CT molecular complexity index is 498. The molecule has 0 aromatic heterocycles. The lowest BCUT2D eigenvalue weighted by Gasteiger charge is -2.08. The van der Waals surface area contributed by atoms with Crippen molar-refractivity contribution >= 4 is 11.4 Å². The molecule has 1 aliphatic rings. The van der Waals surface area contributed by atoms with Crippen LogP contribution in [0, 0.1) is 0 Å². The van der Waals surface area contributed by atoms with Gasteiger partial charge in [0.05, 0.1) is 6.54 Å². The molecule has 0 spiro atoms. The van der Waals surface area contributed by atoms with E-state index in [-0.39, 0.29) is 0 Å².